The van der Waals surface area contributed by atoms with Crippen LogP contribution in [0.4, 0.5) is 5.82 Å². The molecule has 4 heteroatoms. The predicted octanol–water partition coefficient (Wildman–Crippen LogP) is 1.67. The molecule has 0 spiro atoms. The minimum absolute atomic E-state index is 0.550. The molecule has 1 unspecified atom stereocenters. The molecule has 2 heterocycles. The van der Waals surface area contributed by atoms with E-state index in [1.165, 1.54) is 12.8 Å². The summed E-state index contributed by atoms with van der Waals surface area (Å²) >= 11 is 0. The zero-order valence-corrected chi connectivity index (χ0v) is 10.6. The number of hydrogen-bond acceptors (Lipinski definition) is 4. The number of pyridine rings is 1. The summed E-state index contributed by atoms with van der Waals surface area (Å²) in [7, 11) is 3.81. The van der Waals surface area contributed by atoms with Crippen LogP contribution in [0.1, 0.15) is 19.3 Å². The second-order valence-electron chi connectivity index (χ2n) is 4.47. The number of aromatic nitrogens is 1. The Morgan fingerprint density at radius 3 is 3.12 bits per heavy atom. The van der Waals surface area contributed by atoms with Crippen molar-refractivity contribution in [3.05, 3.63) is 18.3 Å². The Hall–Kier alpha value is -1.29. The van der Waals surface area contributed by atoms with Gasteiger partial charge >= 0.3 is 0 Å². The molecule has 4 nitrogen and oxygen atoms in total. The quantitative estimate of drug-likeness (QED) is 0.864. The molecule has 1 aliphatic rings. The van der Waals surface area contributed by atoms with Crippen molar-refractivity contribution < 1.29 is 4.74 Å². The third kappa shape index (κ3) is 2.88. The normalized spacial score (nSPS) is 20.7. The van der Waals surface area contributed by atoms with Crippen LogP contribution >= 0.6 is 0 Å². The molecule has 0 aromatic carbocycles. The fourth-order valence-corrected chi connectivity index (χ4v) is 2.37. The number of nitrogens with zero attached hydrogens (tertiary/aromatic N) is 2. The van der Waals surface area contributed by atoms with E-state index in [0.29, 0.717) is 6.04 Å². The Bertz CT molecular complexity index is 348. The highest BCUT2D eigenvalue weighted by Gasteiger charge is 2.20. The largest absolute Gasteiger partial charge is 0.493 e. The van der Waals surface area contributed by atoms with Gasteiger partial charge in [0.25, 0.3) is 0 Å². The van der Waals surface area contributed by atoms with Gasteiger partial charge in [-0.1, -0.05) is 0 Å². The molecule has 1 atom stereocenters. The maximum Gasteiger partial charge on any atom is 0.171 e. The highest BCUT2D eigenvalue weighted by Crippen LogP contribution is 2.27. The van der Waals surface area contributed by atoms with Crippen molar-refractivity contribution in [2.24, 2.45) is 0 Å². The van der Waals surface area contributed by atoms with Crippen LogP contribution in [0.2, 0.25) is 0 Å². The van der Waals surface area contributed by atoms with E-state index in [9.17, 15) is 0 Å². The SMILES string of the molecule is COc1cccnc1N(C)C1CCCNCC1. The highest BCUT2D eigenvalue weighted by molar-refractivity contribution is 5.52. The van der Waals surface area contributed by atoms with Crippen LogP contribution in [0.3, 0.4) is 0 Å². The average Bonchev–Trinajstić information content (AvgIpc) is 2.66. The van der Waals surface area contributed by atoms with Crippen LogP contribution < -0.4 is 15.0 Å². The first-order valence-corrected chi connectivity index (χ1v) is 6.25. The number of nitrogens with one attached hydrogen (secondary N) is 1. The first-order valence-electron chi connectivity index (χ1n) is 6.25. The number of hydrogen-bond donors (Lipinski definition) is 1. The zero-order valence-electron chi connectivity index (χ0n) is 10.6. The summed E-state index contributed by atoms with van der Waals surface area (Å²) in [6.07, 6.45) is 5.42. The van der Waals surface area contributed by atoms with Crippen LogP contribution in [0.5, 0.6) is 5.75 Å². The van der Waals surface area contributed by atoms with Gasteiger partial charge in [-0.15, -0.1) is 0 Å². The van der Waals surface area contributed by atoms with Gasteiger partial charge in [-0.25, -0.2) is 4.98 Å². The Morgan fingerprint density at radius 1 is 1.41 bits per heavy atom. The molecular formula is C13H21N3O. The van der Waals surface area contributed by atoms with Crippen molar-refractivity contribution in [1.29, 1.82) is 0 Å². The molecular weight excluding hydrogens is 214 g/mol. The van der Waals surface area contributed by atoms with Crippen molar-refractivity contribution in [2.75, 3.05) is 32.1 Å². The van der Waals surface area contributed by atoms with Crippen LogP contribution in [0.25, 0.3) is 0 Å². The van der Waals surface area contributed by atoms with Gasteiger partial charge < -0.3 is 15.0 Å². The van der Waals surface area contributed by atoms with Crippen LogP contribution in [-0.4, -0.2) is 38.3 Å². The summed E-state index contributed by atoms with van der Waals surface area (Å²) in [5, 5.41) is 3.43. The molecule has 94 valence electrons. The summed E-state index contributed by atoms with van der Waals surface area (Å²) < 4.78 is 5.37. The number of rotatable bonds is 3. The monoisotopic (exact) mass is 235 g/mol. The lowest BCUT2D eigenvalue weighted by Gasteiger charge is -2.29. The van der Waals surface area contributed by atoms with Gasteiger partial charge in [-0.2, -0.15) is 0 Å². The van der Waals surface area contributed by atoms with Crippen LogP contribution in [0, 0.1) is 0 Å². The smallest absolute Gasteiger partial charge is 0.171 e. The van der Waals surface area contributed by atoms with Gasteiger partial charge in [0.05, 0.1) is 7.11 Å². The van der Waals surface area contributed by atoms with E-state index in [-0.39, 0.29) is 0 Å². The molecule has 0 radical (unpaired) electrons. The minimum Gasteiger partial charge on any atom is -0.493 e. The third-order valence-corrected chi connectivity index (χ3v) is 3.40. The molecule has 1 N–H and O–H groups in total. The average molecular weight is 235 g/mol. The van der Waals surface area contributed by atoms with E-state index in [2.05, 4.69) is 22.2 Å². The van der Waals surface area contributed by atoms with Gasteiger partial charge in [0.2, 0.25) is 0 Å². The first kappa shape index (κ1) is 12.2. The van der Waals surface area contributed by atoms with E-state index < -0.39 is 0 Å². The second kappa shape index (κ2) is 5.87. The summed E-state index contributed by atoms with van der Waals surface area (Å²) in [5.41, 5.74) is 0. The zero-order chi connectivity index (χ0) is 12.1. The summed E-state index contributed by atoms with van der Waals surface area (Å²) in [4.78, 5) is 6.69. The molecule has 1 aromatic rings. The molecule has 0 amide bonds. The number of anilines is 1. The van der Waals surface area contributed by atoms with E-state index >= 15 is 0 Å². The van der Waals surface area contributed by atoms with Crippen LogP contribution in [0.15, 0.2) is 18.3 Å². The van der Waals surface area contributed by atoms with E-state index in [1.807, 2.05) is 18.3 Å². The number of ether oxygens (including phenoxy) is 1. The maximum absolute atomic E-state index is 5.37. The molecule has 1 aromatic heterocycles. The van der Waals surface area contributed by atoms with E-state index in [0.717, 1.165) is 31.1 Å². The van der Waals surface area contributed by atoms with Gasteiger partial charge in [0, 0.05) is 19.3 Å². The third-order valence-electron chi connectivity index (χ3n) is 3.40. The fourth-order valence-electron chi connectivity index (χ4n) is 2.37. The fraction of sp³-hybridized carbons (Fsp3) is 0.615. The summed E-state index contributed by atoms with van der Waals surface area (Å²) in [6.45, 7) is 2.22. The standard InChI is InChI=1S/C13H21N3O/c1-16(11-5-3-8-14-10-7-11)13-12(17-2)6-4-9-15-13/h4,6,9,11,14H,3,5,7-8,10H2,1-2H3. The van der Waals surface area contributed by atoms with Gasteiger partial charge in [-0.05, 0) is 44.5 Å². The molecule has 0 saturated carbocycles. The Labute approximate surface area is 103 Å². The summed E-state index contributed by atoms with van der Waals surface area (Å²) in [6, 6.07) is 4.42. The van der Waals surface area contributed by atoms with Crippen LogP contribution in [-0.2, 0) is 0 Å². The van der Waals surface area contributed by atoms with Crippen molar-refractivity contribution in [3.8, 4) is 5.75 Å². The van der Waals surface area contributed by atoms with Crippen molar-refractivity contribution in [3.63, 3.8) is 0 Å². The lowest BCUT2D eigenvalue weighted by Crippen LogP contribution is -2.33. The molecule has 17 heavy (non-hydrogen) atoms. The lowest BCUT2D eigenvalue weighted by atomic mass is 10.1. The molecule has 1 fully saturated rings. The maximum atomic E-state index is 5.37. The topological polar surface area (TPSA) is 37.4 Å². The summed E-state index contributed by atoms with van der Waals surface area (Å²) in [5.74, 6) is 1.80. The lowest BCUT2D eigenvalue weighted by molar-refractivity contribution is 0.410. The Morgan fingerprint density at radius 2 is 2.29 bits per heavy atom. The van der Waals surface area contributed by atoms with E-state index in [1.54, 1.807) is 7.11 Å². The van der Waals surface area contributed by atoms with E-state index in [4.69, 9.17) is 4.74 Å². The molecule has 2 rings (SSSR count). The van der Waals surface area contributed by atoms with Gasteiger partial charge in [-0.3, -0.25) is 0 Å². The predicted molar refractivity (Wildman–Crippen MR) is 69.7 cm³/mol. The molecule has 0 aliphatic carbocycles. The Balaban J connectivity index is 2.14. The van der Waals surface area contributed by atoms with Gasteiger partial charge in [0.1, 0.15) is 0 Å². The molecule has 1 aliphatic heterocycles. The second-order valence-corrected chi connectivity index (χ2v) is 4.47. The number of methoxy groups -OCH3 is 1. The molecule has 0 bridgehead atoms. The van der Waals surface area contributed by atoms with Crippen molar-refractivity contribution in [1.82, 2.24) is 10.3 Å². The highest BCUT2D eigenvalue weighted by atomic mass is 16.5. The van der Waals surface area contributed by atoms with Crippen molar-refractivity contribution in [2.45, 2.75) is 25.3 Å². The molecule has 1 saturated heterocycles. The minimum atomic E-state index is 0.550. The van der Waals surface area contributed by atoms with Gasteiger partial charge in [0.15, 0.2) is 11.6 Å². The Kier molecular flexibility index (Phi) is 4.20. The van der Waals surface area contributed by atoms with Crippen molar-refractivity contribution >= 4 is 5.82 Å². The first-order chi connectivity index (χ1) is 8.33.